The van der Waals surface area contributed by atoms with Crippen LogP contribution in [-0.2, 0) is 11.3 Å². The average Bonchev–Trinajstić information content (AvgIpc) is 3.17. The van der Waals surface area contributed by atoms with Crippen LogP contribution in [0.4, 0.5) is 0 Å². The van der Waals surface area contributed by atoms with Gasteiger partial charge in [0.1, 0.15) is 18.0 Å². The molecule has 142 valence electrons. The van der Waals surface area contributed by atoms with E-state index in [1.54, 1.807) is 6.26 Å². The molecule has 2 atom stereocenters. The Morgan fingerprint density at radius 1 is 1.30 bits per heavy atom. The van der Waals surface area contributed by atoms with E-state index in [1.165, 1.54) is 24.8 Å². The zero-order valence-electron chi connectivity index (χ0n) is 15.7. The second kappa shape index (κ2) is 6.46. The first-order valence-electron chi connectivity index (χ1n) is 9.92. The van der Waals surface area contributed by atoms with Crippen molar-refractivity contribution in [3.63, 3.8) is 0 Å². The zero-order chi connectivity index (χ0) is 18.4. The summed E-state index contributed by atoms with van der Waals surface area (Å²) >= 11 is 0. The van der Waals surface area contributed by atoms with Crippen molar-refractivity contribution in [1.29, 1.82) is 0 Å². The molecule has 27 heavy (non-hydrogen) atoms. The smallest absolute Gasteiger partial charge is 0.238 e. The predicted octanol–water partition coefficient (Wildman–Crippen LogP) is 2.47. The summed E-state index contributed by atoms with van der Waals surface area (Å²) in [5.41, 5.74) is 1.79. The molecule has 1 aromatic heterocycles. The third-order valence-electron chi connectivity index (χ3n) is 6.53. The molecule has 3 aliphatic rings. The van der Waals surface area contributed by atoms with E-state index < -0.39 is 0 Å². The van der Waals surface area contributed by atoms with Crippen LogP contribution < -0.4 is 5.32 Å². The number of aromatic nitrogens is 1. The molecular formula is C21H26N4O2. The fraction of sp³-hybridized carbons (Fsp3) is 0.524. The summed E-state index contributed by atoms with van der Waals surface area (Å²) in [6.45, 7) is 4.62. The molecule has 3 fully saturated rings. The van der Waals surface area contributed by atoms with E-state index in [9.17, 15) is 4.79 Å². The minimum Gasteiger partial charge on any atom is -0.447 e. The van der Waals surface area contributed by atoms with E-state index >= 15 is 0 Å². The van der Waals surface area contributed by atoms with Gasteiger partial charge in [-0.2, -0.15) is 0 Å². The topological polar surface area (TPSA) is 61.6 Å². The summed E-state index contributed by atoms with van der Waals surface area (Å²) in [7, 11) is 0. The summed E-state index contributed by atoms with van der Waals surface area (Å²) in [6, 6.07) is 10.3. The number of nitrogens with one attached hydrogen (secondary N) is 1. The van der Waals surface area contributed by atoms with Crippen molar-refractivity contribution in [1.82, 2.24) is 20.1 Å². The Morgan fingerprint density at radius 2 is 2.11 bits per heavy atom. The quantitative estimate of drug-likeness (QED) is 0.901. The molecule has 5 rings (SSSR count). The van der Waals surface area contributed by atoms with Gasteiger partial charge in [0.05, 0.1) is 12.2 Å². The van der Waals surface area contributed by atoms with Crippen molar-refractivity contribution in [2.45, 2.75) is 44.4 Å². The first kappa shape index (κ1) is 17.0. The predicted molar refractivity (Wildman–Crippen MR) is 101 cm³/mol. The Morgan fingerprint density at radius 3 is 2.78 bits per heavy atom. The van der Waals surface area contributed by atoms with E-state index in [2.05, 4.69) is 32.2 Å². The lowest BCUT2D eigenvalue weighted by Crippen LogP contribution is -2.69. The van der Waals surface area contributed by atoms with Crippen LogP contribution in [0.15, 0.2) is 41.0 Å². The van der Waals surface area contributed by atoms with Crippen LogP contribution in [0.2, 0.25) is 0 Å². The first-order chi connectivity index (χ1) is 13.2. The Hall–Kier alpha value is -2.18. The van der Waals surface area contributed by atoms with Crippen LogP contribution in [-0.4, -0.2) is 46.0 Å². The number of fused-ring (bicyclic) bond motifs is 1. The maximum absolute atomic E-state index is 13.2. The molecule has 0 radical (unpaired) electrons. The second-order valence-corrected chi connectivity index (χ2v) is 8.07. The summed E-state index contributed by atoms with van der Waals surface area (Å²) in [5, 5.41) is 3.60. The monoisotopic (exact) mass is 366 g/mol. The lowest BCUT2D eigenvalue weighted by atomic mass is 9.73. The lowest BCUT2D eigenvalue weighted by molar-refractivity contribution is -0.142. The molecule has 2 unspecified atom stereocenters. The molecule has 1 aromatic carbocycles. The molecule has 2 saturated heterocycles. The fourth-order valence-corrected chi connectivity index (χ4v) is 5.03. The lowest BCUT2D eigenvalue weighted by Gasteiger charge is -2.56. The molecule has 3 heterocycles. The number of amides is 1. The third kappa shape index (κ3) is 2.62. The van der Waals surface area contributed by atoms with Gasteiger partial charge in [-0.3, -0.25) is 9.69 Å². The molecule has 1 amide bonds. The van der Waals surface area contributed by atoms with Gasteiger partial charge in [-0.1, -0.05) is 36.8 Å². The normalized spacial score (nSPS) is 29.0. The molecule has 2 aliphatic heterocycles. The average molecular weight is 366 g/mol. The van der Waals surface area contributed by atoms with Crippen molar-refractivity contribution >= 4 is 5.91 Å². The van der Waals surface area contributed by atoms with E-state index in [0.29, 0.717) is 19.0 Å². The first-order valence-corrected chi connectivity index (χ1v) is 9.92. The van der Waals surface area contributed by atoms with Gasteiger partial charge in [0, 0.05) is 19.6 Å². The van der Waals surface area contributed by atoms with E-state index in [0.717, 1.165) is 24.7 Å². The molecule has 1 N–H and O–H groups in total. The highest BCUT2D eigenvalue weighted by Crippen LogP contribution is 2.49. The van der Waals surface area contributed by atoms with Crippen molar-refractivity contribution in [2.75, 3.05) is 19.6 Å². The molecule has 1 saturated carbocycles. The number of rotatable bonds is 4. The van der Waals surface area contributed by atoms with Gasteiger partial charge < -0.3 is 14.6 Å². The highest BCUT2D eigenvalue weighted by Gasteiger charge is 2.60. The van der Waals surface area contributed by atoms with Crippen molar-refractivity contribution < 1.29 is 9.21 Å². The number of carbonyl (C=O) groups is 1. The van der Waals surface area contributed by atoms with Crippen LogP contribution in [0.1, 0.15) is 42.5 Å². The maximum atomic E-state index is 13.2. The van der Waals surface area contributed by atoms with Crippen LogP contribution in [0, 0.1) is 12.8 Å². The Balaban J connectivity index is 1.53. The van der Waals surface area contributed by atoms with Crippen LogP contribution in [0.25, 0.3) is 0 Å². The van der Waals surface area contributed by atoms with E-state index in [4.69, 9.17) is 4.42 Å². The van der Waals surface area contributed by atoms with Gasteiger partial charge in [0.15, 0.2) is 0 Å². The van der Waals surface area contributed by atoms with Crippen LogP contribution >= 0.6 is 0 Å². The fourth-order valence-electron chi connectivity index (χ4n) is 5.03. The van der Waals surface area contributed by atoms with Gasteiger partial charge in [0.2, 0.25) is 11.8 Å². The number of benzene rings is 1. The van der Waals surface area contributed by atoms with E-state index in [1.807, 2.05) is 25.1 Å². The number of hydrogen-bond donors (Lipinski definition) is 1. The van der Waals surface area contributed by atoms with Gasteiger partial charge in [-0.25, -0.2) is 4.98 Å². The number of piperazine rings is 1. The largest absolute Gasteiger partial charge is 0.447 e. The third-order valence-corrected chi connectivity index (χ3v) is 6.53. The second-order valence-electron chi connectivity index (χ2n) is 8.07. The highest BCUT2D eigenvalue weighted by molar-refractivity contribution is 5.82. The molecule has 1 aliphatic carbocycles. The molecule has 2 aromatic rings. The minimum absolute atomic E-state index is 0.00206. The molecular weight excluding hydrogens is 340 g/mol. The van der Waals surface area contributed by atoms with E-state index in [-0.39, 0.29) is 17.6 Å². The number of nitrogens with zero attached hydrogens (tertiary/aromatic N) is 3. The minimum atomic E-state index is -0.281. The maximum Gasteiger partial charge on any atom is 0.238 e. The van der Waals surface area contributed by atoms with Crippen molar-refractivity contribution in [3.8, 4) is 0 Å². The van der Waals surface area contributed by atoms with Gasteiger partial charge in [-0.05, 0) is 31.2 Å². The summed E-state index contributed by atoms with van der Waals surface area (Å²) in [4.78, 5) is 22.3. The van der Waals surface area contributed by atoms with Gasteiger partial charge in [-0.15, -0.1) is 0 Å². The standard InChI is InChI=1S/C21H26N4O2/c1-15-13-27-20(23-15)18-10-22-14-21(17-8-5-9-17)24(18)12-19(26)25(21)11-16-6-3-2-4-7-16/h2-4,6-7,13,17-18,22H,5,8-12,14H2,1H3. The Labute approximate surface area is 159 Å². The van der Waals surface area contributed by atoms with Gasteiger partial charge >= 0.3 is 0 Å². The molecule has 0 spiro atoms. The van der Waals surface area contributed by atoms with Crippen molar-refractivity contribution in [3.05, 3.63) is 53.7 Å². The van der Waals surface area contributed by atoms with Gasteiger partial charge in [0.25, 0.3) is 0 Å². The highest BCUT2D eigenvalue weighted by atomic mass is 16.3. The number of hydrogen-bond acceptors (Lipinski definition) is 5. The summed E-state index contributed by atoms with van der Waals surface area (Å²) < 4.78 is 5.75. The number of carbonyl (C=O) groups excluding carboxylic acids is 1. The molecule has 6 heteroatoms. The zero-order valence-corrected chi connectivity index (χ0v) is 15.7. The number of aryl methyl sites for hydroxylation is 1. The summed E-state index contributed by atoms with van der Waals surface area (Å²) in [6.07, 6.45) is 5.30. The van der Waals surface area contributed by atoms with Crippen molar-refractivity contribution in [2.24, 2.45) is 5.92 Å². The Kier molecular flexibility index (Phi) is 4.06. The number of oxazole rings is 1. The Bertz CT molecular complexity index is 832. The SMILES string of the molecule is Cc1coc(C2CNCC3(C4CCC4)N(Cc4ccccc4)C(=O)CN23)n1. The molecule has 6 nitrogen and oxygen atoms in total. The summed E-state index contributed by atoms with van der Waals surface area (Å²) in [5.74, 6) is 1.43. The molecule has 0 bridgehead atoms. The van der Waals surface area contributed by atoms with Crippen LogP contribution in [0.5, 0.6) is 0 Å². The van der Waals surface area contributed by atoms with Crippen LogP contribution in [0.3, 0.4) is 0 Å².